The molecule has 216 valence electrons. The van der Waals surface area contributed by atoms with Gasteiger partial charge < -0.3 is 9.47 Å². The summed E-state index contributed by atoms with van der Waals surface area (Å²) in [6, 6.07) is 0. The summed E-state index contributed by atoms with van der Waals surface area (Å²) < 4.78 is 11.6. The van der Waals surface area contributed by atoms with Crippen LogP contribution < -0.4 is 5.32 Å². The zero-order valence-electron chi connectivity index (χ0n) is 25.5. The van der Waals surface area contributed by atoms with Crippen LogP contribution in [-0.2, 0) is 23.9 Å². The Morgan fingerprint density at radius 2 is 1.50 bits per heavy atom. The molecule has 0 bridgehead atoms. The summed E-state index contributed by atoms with van der Waals surface area (Å²) in [7, 11) is 0. The van der Waals surface area contributed by atoms with Crippen LogP contribution >= 0.6 is 0 Å². The number of carbonyl (C=O) groups excluding carboxylic acids is 3. The van der Waals surface area contributed by atoms with Gasteiger partial charge in [0.25, 0.3) is 0 Å². The molecule has 6 heteroatoms. The van der Waals surface area contributed by atoms with Gasteiger partial charge in [0.05, 0.1) is 6.54 Å². The van der Waals surface area contributed by atoms with E-state index in [9.17, 15) is 14.4 Å². The minimum absolute atomic E-state index is 0.0218. The van der Waals surface area contributed by atoms with Gasteiger partial charge in [-0.05, 0) is 141 Å². The molecule has 4 saturated carbocycles. The summed E-state index contributed by atoms with van der Waals surface area (Å²) in [5.41, 5.74) is -1.56. The van der Waals surface area contributed by atoms with Crippen molar-refractivity contribution in [1.82, 2.24) is 5.32 Å². The number of nitrogens with one attached hydrogen (secondary N) is 1. The number of carbonyl (C=O) groups is 3. The molecule has 0 aliphatic heterocycles. The van der Waals surface area contributed by atoms with E-state index in [4.69, 9.17) is 9.47 Å². The molecule has 8 atom stereocenters. The van der Waals surface area contributed by atoms with Crippen molar-refractivity contribution in [2.24, 2.45) is 40.4 Å². The second-order valence-electron chi connectivity index (χ2n) is 15.6. The highest BCUT2D eigenvalue weighted by atomic mass is 16.6. The summed E-state index contributed by atoms with van der Waals surface area (Å²) >= 11 is 0. The van der Waals surface area contributed by atoms with Gasteiger partial charge >= 0.3 is 11.9 Å². The van der Waals surface area contributed by atoms with Crippen molar-refractivity contribution in [3.05, 3.63) is 0 Å². The smallest absolute Gasteiger partial charge is 0.326 e. The number of esters is 2. The lowest BCUT2D eigenvalue weighted by molar-refractivity contribution is -0.180. The molecule has 1 N–H and O–H groups in total. The first kappa shape index (κ1) is 29.6. The maximum atomic E-state index is 12.9. The van der Waals surface area contributed by atoms with E-state index in [0.29, 0.717) is 23.5 Å². The van der Waals surface area contributed by atoms with E-state index < -0.39 is 16.7 Å². The molecule has 4 aliphatic carbocycles. The van der Waals surface area contributed by atoms with Crippen LogP contribution in [0.25, 0.3) is 0 Å². The summed E-state index contributed by atoms with van der Waals surface area (Å²) in [5.74, 6) is 2.63. The largest absolute Gasteiger partial charge is 0.459 e. The van der Waals surface area contributed by atoms with Crippen LogP contribution in [0.1, 0.15) is 120 Å². The van der Waals surface area contributed by atoms with Crippen LogP contribution in [0, 0.1) is 40.4 Å². The second-order valence-corrected chi connectivity index (χ2v) is 15.6. The van der Waals surface area contributed by atoms with Crippen molar-refractivity contribution >= 4 is 17.7 Å². The van der Waals surface area contributed by atoms with Crippen molar-refractivity contribution in [2.45, 2.75) is 137 Å². The van der Waals surface area contributed by atoms with E-state index in [1.54, 1.807) is 20.8 Å². The third-order valence-electron chi connectivity index (χ3n) is 11.4. The predicted molar refractivity (Wildman–Crippen MR) is 148 cm³/mol. The molecule has 0 spiro atoms. The minimum atomic E-state index is -0.978. The van der Waals surface area contributed by atoms with Gasteiger partial charge in [-0.3, -0.25) is 19.7 Å². The number of ketones is 1. The summed E-state index contributed by atoms with van der Waals surface area (Å²) in [6.07, 6.45) is 9.99. The number of fused-ring (bicyclic) bond motifs is 5. The first-order valence-corrected chi connectivity index (χ1v) is 15.1. The summed E-state index contributed by atoms with van der Waals surface area (Å²) in [5, 5.41) is 3.05. The van der Waals surface area contributed by atoms with Crippen LogP contribution in [0.15, 0.2) is 0 Å². The molecule has 4 aliphatic rings. The van der Waals surface area contributed by atoms with Gasteiger partial charge in [-0.15, -0.1) is 0 Å². The first-order valence-electron chi connectivity index (χ1n) is 15.1. The van der Waals surface area contributed by atoms with Gasteiger partial charge in [0.15, 0.2) is 0 Å². The standard InChI is InChI=1S/C32H53NO5/c1-20(34)23-12-13-24-22-11-10-21-18-30(7,16-17-31(21,8)25(22)14-15-32(23,24)9)37-26(35)19-33-29(5,6)27(36)38-28(2,3)4/h21-25,33H,10-19H2,1-9H3/t21-,22-,23+,24-,25-,30+,31-,32+/m0/s1. The molecule has 38 heavy (non-hydrogen) atoms. The third kappa shape index (κ3) is 5.45. The molecule has 0 amide bonds. The highest BCUT2D eigenvalue weighted by Gasteiger charge is 2.61. The lowest BCUT2D eigenvalue weighted by Crippen LogP contribution is -2.56. The van der Waals surface area contributed by atoms with Crippen LogP contribution in [0.5, 0.6) is 0 Å². The molecule has 0 unspecified atom stereocenters. The van der Waals surface area contributed by atoms with Crippen molar-refractivity contribution in [3.8, 4) is 0 Å². The Kier molecular flexibility index (Phi) is 7.69. The SMILES string of the molecule is CC(=O)[C@H]1CC[C@H]2[C@@H]3CC[C@H]4C[C@](C)(OC(=O)CNC(C)(C)C(=O)OC(C)(C)C)CC[C@]4(C)[C@H]3CC[C@]12C. The topological polar surface area (TPSA) is 81.7 Å². The Morgan fingerprint density at radius 3 is 2.13 bits per heavy atom. The minimum Gasteiger partial charge on any atom is -0.459 e. The van der Waals surface area contributed by atoms with Gasteiger partial charge in [-0.1, -0.05) is 13.8 Å². The van der Waals surface area contributed by atoms with E-state index in [2.05, 4.69) is 26.1 Å². The van der Waals surface area contributed by atoms with Gasteiger partial charge in [0.2, 0.25) is 0 Å². The molecule has 0 aromatic rings. The molecule has 6 nitrogen and oxygen atoms in total. The summed E-state index contributed by atoms with van der Waals surface area (Å²) in [4.78, 5) is 37.9. The lowest BCUT2D eigenvalue weighted by Gasteiger charge is -2.62. The molecule has 0 aromatic carbocycles. The Morgan fingerprint density at radius 1 is 0.842 bits per heavy atom. The number of rotatable bonds is 6. The van der Waals surface area contributed by atoms with Crippen LogP contribution in [0.2, 0.25) is 0 Å². The lowest BCUT2D eigenvalue weighted by atomic mass is 9.44. The van der Waals surface area contributed by atoms with E-state index in [1.807, 2.05) is 20.8 Å². The highest BCUT2D eigenvalue weighted by Crippen LogP contribution is 2.68. The van der Waals surface area contributed by atoms with E-state index >= 15 is 0 Å². The van der Waals surface area contributed by atoms with Gasteiger partial charge in [0.1, 0.15) is 22.5 Å². The Labute approximate surface area is 230 Å². The van der Waals surface area contributed by atoms with Crippen molar-refractivity contribution in [1.29, 1.82) is 0 Å². The Balaban J connectivity index is 1.36. The number of ether oxygens (including phenoxy) is 2. The fourth-order valence-corrected chi connectivity index (χ4v) is 9.26. The van der Waals surface area contributed by atoms with E-state index in [0.717, 1.165) is 31.6 Å². The quantitative estimate of drug-likeness (QED) is 0.408. The highest BCUT2D eigenvalue weighted by molar-refractivity contribution is 5.81. The number of hydrogen-bond acceptors (Lipinski definition) is 6. The van der Waals surface area contributed by atoms with Gasteiger partial charge in [-0.25, -0.2) is 0 Å². The molecule has 4 fully saturated rings. The monoisotopic (exact) mass is 531 g/mol. The maximum absolute atomic E-state index is 12.9. The average molecular weight is 532 g/mol. The van der Waals surface area contributed by atoms with Crippen LogP contribution in [0.3, 0.4) is 0 Å². The molecular formula is C32H53NO5. The fraction of sp³-hybridized carbons (Fsp3) is 0.906. The molecule has 0 radical (unpaired) electrons. The van der Waals surface area contributed by atoms with Crippen molar-refractivity contribution < 1.29 is 23.9 Å². The van der Waals surface area contributed by atoms with Crippen molar-refractivity contribution in [3.63, 3.8) is 0 Å². The Bertz CT molecular complexity index is 952. The molecule has 0 saturated heterocycles. The number of Topliss-reactive ketones (excluding diaryl/α,β-unsaturated/α-hetero) is 1. The van der Waals surface area contributed by atoms with E-state index in [1.165, 1.54) is 32.1 Å². The maximum Gasteiger partial charge on any atom is 0.326 e. The Hall–Kier alpha value is -1.43. The zero-order chi connectivity index (χ0) is 28.3. The molecule has 0 aromatic heterocycles. The molecule has 0 heterocycles. The third-order valence-corrected chi connectivity index (χ3v) is 11.4. The van der Waals surface area contributed by atoms with E-state index in [-0.39, 0.29) is 35.2 Å². The zero-order valence-corrected chi connectivity index (χ0v) is 25.5. The molecular weight excluding hydrogens is 478 g/mol. The normalized spacial score (nSPS) is 40.9. The second kappa shape index (κ2) is 9.89. The van der Waals surface area contributed by atoms with Crippen LogP contribution in [0.4, 0.5) is 0 Å². The average Bonchev–Trinajstić information content (AvgIpc) is 3.15. The first-order chi connectivity index (χ1) is 17.4. The van der Waals surface area contributed by atoms with Crippen molar-refractivity contribution in [2.75, 3.05) is 6.54 Å². The molecule has 4 rings (SSSR count). The fourth-order valence-electron chi connectivity index (χ4n) is 9.26. The van der Waals surface area contributed by atoms with Gasteiger partial charge in [-0.2, -0.15) is 0 Å². The summed E-state index contributed by atoms with van der Waals surface area (Å²) in [6.45, 7) is 17.8. The predicted octanol–water partition coefficient (Wildman–Crippen LogP) is 6.25. The van der Waals surface area contributed by atoms with Crippen LogP contribution in [-0.4, -0.2) is 41.0 Å². The number of hydrogen-bond donors (Lipinski definition) is 1. The van der Waals surface area contributed by atoms with Gasteiger partial charge in [0, 0.05) is 5.92 Å².